The van der Waals surface area contributed by atoms with Crippen molar-refractivity contribution in [3.63, 3.8) is 0 Å². The van der Waals surface area contributed by atoms with Gasteiger partial charge in [-0.2, -0.15) is 0 Å². The molecule has 0 aliphatic heterocycles. The van der Waals surface area contributed by atoms with Crippen molar-refractivity contribution in [2.45, 2.75) is 45.4 Å². The average molecular weight is 337 g/mol. The summed E-state index contributed by atoms with van der Waals surface area (Å²) in [6.45, 7) is 1.70. The van der Waals surface area contributed by atoms with E-state index in [-0.39, 0.29) is 23.9 Å². The van der Waals surface area contributed by atoms with Crippen LogP contribution in [0.5, 0.6) is 5.75 Å². The van der Waals surface area contributed by atoms with Crippen LogP contribution in [0.3, 0.4) is 0 Å². The molecule has 1 atom stereocenters. The van der Waals surface area contributed by atoms with Crippen molar-refractivity contribution in [2.24, 2.45) is 11.3 Å². The zero-order valence-electron chi connectivity index (χ0n) is 14.1. The van der Waals surface area contributed by atoms with Crippen LogP contribution >= 0.6 is 0 Å². The SMILES string of the molecule is COc1cc(F)cc(NC(=O)[C@](C)(CC(=O)O)C2CCCCC2)c1. The molecule has 24 heavy (non-hydrogen) atoms. The van der Waals surface area contributed by atoms with Gasteiger partial charge in [-0.05, 0) is 31.7 Å². The maximum atomic E-state index is 13.6. The second-order valence-electron chi connectivity index (χ2n) is 6.66. The van der Waals surface area contributed by atoms with Crippen LogP contribution in [0.2, 0.25) is 0 Å². The molecule has 0 spiro atoms. The second kappa shape index (κ2) is 7.64. The molecule has 1 aromatic carbocycles. The predicted molar refractivity (Wildman–Crippen MR) is 88.5 cm³/mol. The number of methoxy groups -OCH3 is 1. The lowest BCUT2D eigenvalue weighted by atomic mass is 9.67. The lowest BCUT2D eigenvalue weighted by molar-refractivity contribution is -0.145. The van der Waals surface area contributed by atoms with Crippen LogP contribution in [0.1, 0.15) is 45.4 Å². The van der Waals surface area contributed by atoms with Gasteiger partial charge in [-0.3, -0.25) is 9.59 Å². The summed E-state index contributed by atoms with van der Waals surface area (Å²) in [5.74, 6) is -1.61. The molecule has 0 unspecified atom stereocenters. The van der Waals surface area contributed by atoms with Crippen LogP contribution in [0.25, 0.3) is 0 Å². The highest BCUT2D eigenvalue weighted by atomic mass is 19.1. The number of amides is 1. The maximum absolute atomic E-state index is 13.6. The van der Waals surface area contributed by atoms with E-state index in [9.17, 15) is 19.1 Å². The highest BCUT2D eigenvalue weighted by molar-refractivity contribution is 5.97. The van der Waals surface area contributed by atoms with Gasteiger partial charge in [-0.15, -0.1) is 0 Å². The first-order valence-corrected chi connectivity index (χ1v) is 8.23. The van der Waals surface area contributed by atoms with Crippen molar-refractivity contribution < 1.29 is 23.8 Å². The van der Waals surface area contributed by atoms with Gasteiger partial charge in [0.2, 0.25) is 5.91 Å². The second-order valence-corrected chi connectivity index (χ2v) is 6.66. The van der Waals surface area contributed by atoms with E-state index in [2.05, 4.69) is 5.32 Å². The summed E-state index contributed by atoms with van der Waals surface area (Å²) in [5, 5.41) is 11.9. The molecule has 6 heteroatoms. The summed E-state index contributed by atoms with van der Waals surface area (Å²) in [7, 11) is 1.41. The predicted octanol–water partition coefficient (Wildman–Crippen LogP) is 3.83. The number of benzene rings is 1. The number of ether oxygens (including phenoxy) is 1. The highest BCUT2D eigenvalue weighted by Crippen LogP contribution is 2.42. The first-order chi connectivity index (χ1) is 11.3. The van der Waals surface area contributed by atoms with E-state index >= 15 is 0 Å². The van der Waals surface area contributed by atoms with Gasteiger partial charge in [0.1, 0.15) is 11.6 Å². The molecule has 1 fully saturated rings. The fourth-order valence-corrected chi connectivity index (χ4v) is 3.49. The van der Waals surface area contributed by atoms with Crippen LogP contribution in [0.4, 0.5) is 10.1 Å². The maximum Gasteiger partial charge on any atom is 0.304 e. The third kappa shape index (κ3) is 4.24. The molecule has 0 radical (unpaired) electrons. The molecule has 0 heterocycles. The van der Waals surface area contributed by atoms with Gasteiger partial charge in [0.05, 0.1) is 18.9 Å². The van der Waals surface area contributed by atoms with Crippen LogP contribution in [-0.4, -0.2) is 24.1 Å². The average Bonchev–Trinajstić information content (AvgIpc) is 2.54. The summed E-state index contributed by atoms with van der Waals surface area (Å²) < 4.78 is 18.6. The van der Waals surface area contributed by atoms with Crippen LogP contribution < -0.4 is 10.1 Å². The Kier molecular flexibility index (Phi) is 5.80. The molecular weight excluding hydrogens is 313 g/mol. The number of carbonyl (C=O) groups excluding carboxylic acids is 1. The molecule has 1 aliphatic carbocycles. The Morgan fingerprint density at radius 2 is 1.96 bits per heavy atom. The van der Waals surface area contributed by atoms with E-state index in [0.717, 1.165) is 32.1 Å². The summed E-state index contributed by atoms with van der Waals surface area (Å²) in [6.07, 6.45) is 4.55. The third-order valence-electron chi connectivity index (χ3n) is 4.91. The number of carbonyl (C=O) groups is 2. The number of halogens is 1. The van der Waals surface area contributed by atoms with E-state index in [4.69, 9.17) is 4.74 Å². The highest BCUT2D eigenvalue weighted by Gasteiger charge is 2.43. The first kappa shape index (κ1) is 18.2. The van der Waals surface area contributed by atoms with Crippen LogP contribution in [0, 0.1) is 17.2 Å². The number of rotatable bonds is 6. The van der Waals surface area contributed by atoms with E-state index in [1.165, 1.54) is 25.3 Å². The number of hydrogen-bond acceptors (Lipinski definition) is 3. The minimum absolute atomic E-state index is 0.0119. The number of anilines is 1. The molecule has 0 saturated heterocycles. The van der Waals surface area contributed by atoms with E-state index in [1.807, 2.05) is 0 Å². The van der Waals surface area contributed by atoms with Gasteiger partial charge in [0.25, 0.3) is 0 Å². The standard InChI is InChI=1S/C18H24FNO4/c1-18(11-16(21)22,12-6-4-3-5-7-12)17(23)20-14-8-13(19)9-15(10-14)24-2/h8-10,12H,3-7,11H2,1-2H3,(H,20,23)(H,21,22)/t18-/m1/s1. The first-order valence-electron chi connectivity index (χ1n) is 8.23. The molecule has 1 amide bonds. The van der Waals surface area contributed by atoms with Gasteiger partial charge >= 0.3 is 5.97 Å². The lowest BCUT2D eigenvalue weighted by Crippen LogP contribution is -2.42. The number of carboxylic acid groups (broad SMARTS) is 1. The fourth-order valence-electron chi connectivity index (χ4n) is 3.49. The number of nitrogens with one attached hydrogen (secondary N) is 1. The van der Waals surface area contributed by atoms with Gasteiger partial charge in [-0.1, -0.05) is 19.3 Å². The van der Waals surface area contributed by atoms with Crippen molar-refractivity contribution in [3.8, 4) is 5.75 Å². The molecule has 0 bridgehead atoms. The monoisotopic (exact) mass is 337 g/mol. The zero-order chi connectivity index (χ0) is 17.7. The number of carboxylic acids is 1. The number of aliphatic carboxylic acids is 1. The van der Waals surface area contributed by atoms with Gasteiger partial charge in [0.15, 0.2) is 0 Å². The number of hydrogen-bond donors (Lipinski definition) is 2. The van der Waals surface area contributed by atoms with E-state index < -0.39 is 17.2 Å². The molecule has 132 valence electrons. The molecule has 1 saturated carbocycles. The Bertz CT molecular complexity index is 613. The van der Waals surface area contributed by atoms with Gasteiger partial charge < -0.3 is 15.2 Å². The summed E-state index contributed by atoms with van der Waals surface area (Å²) >= 11 is 0. The van der Waals surface area contributed by atoms with Crippen molar-refractivity contribution in [2.75, 3.05) is 12.4 Å². The van der Waals surface area contributed by atoms with E-state index in [0.29, 0.717) is 5.75 Å². The Morgan fingerprint density at radius 1 is 1.29 bits per heavy atom. The normalized spacial score (nSPS) is 17.8. The van der Waals surface area contributed by atoms with Crippen LogP contribution in [-0.2, 0) is 9.59 Å². The topological polar surface area (TPSA) is 75.6 Å². The minimum Gasteiger partial charge on any atom is -0.497 e. The Labute approximate surface area is 141 Å². The molecule has 1 aromatic rings. The van der Waals surface area contributed by atoms with Gasteiger partial charge in [0, 0.05) is 17.8 Å². The molecule has 2 N–H and O–H groups in total. The van der Waals surface area contributed by atoms with Crippen LogP contribution in [0.15, 0.2) is 18.2 Å². The Balaban J connectivity index is 2.24. The Hall–Kier alpha value is -2.11. The fraction of sp³-hybridized carbons (Fsp3) is 0.556. The lowest BCUT2D eigenvalue weighted by Gasteiger charge is -2.37. The quantitative estimate of drug-likeness (QED) is 0.827. The minimum atomic E-state index is -1.02. The molecule has 0 aromatic heterocycles. The summed E-state index contributed by atoms with van der Waals surface area (Å²) in [6, 6.07) is 3.93. The molecular formula is C18H24FNO4. The smallest absolute Gasteiger partial charge is 0.304 e. The summed E-state index contributed by atoms with van der Waals surface area (Å²) in [4.78, 5) is 24.2. The zero-order valence-corrected chi connectivity index (χ0v) is 14.1. The molecule has 1 aliphatic rings. The summed E-state index contributed by atoms with van der Waals surface area (Å²) in [5.41, 5.74) is -0.754. The van der Waals surface area contributed by atoms with Crippen molar-refractivity contribution in [1.29, 1.82) is 0 Å². The van der Waals surface area contributed by atoms with Crippen molar-refractivity contribution in [1.82, 2.24) is 0 Å². The molecule has 2 rings (SSSR count). The van der Waals surface area contributed by atoms with Crippen molar-refractivity contribution >= 4 is 17.6 Å². The largest absolute Gasteiger partial charge is 0.497 e. The Morgan fingerprint density at radius 3 is 2.54 bits per heavy atom. The third-order valence-corrected chi connectivity index (χ3v) is 4.91. The van der Waals surface area contributed by atoms with Crippen molar-refractivity contribution in [3.05, 3.63) is 24.0 Å². The molecule has 5 nitrogen and oxygen atoms in total. The van der Waals surface area contributed by atoms with E-state index in [1.54, 1.807) is 6.92 Å². The van der Waals surface area contributed by atoms with Gasteiger partial charge in [-0.25, -0.2) is 4.39 Å².